The van der Waals surface area contributed by atoms with E-state index in [1.54, 1.807) is 0 Å². The highest BCUT2D eigenvalue weighted by Gasteiger charge is 2.57. The maximum absolute atomic E-state index is 7.20. The molecule has 1 unspecified atom stereocenters. The maximum Gasteiger partial charge on any atom is 0.160 e. The van der Waals surface area contributed by atoms with Crippen molar-refractivity contribution in [2.75, 3.05) is 0 Å². The summed E-state index contributed by atoms with van der Waals surface area (Å²) < 4.78 is 16.3. The van der Waals surface area contributed by atoms with Gasteiger partial charge in [-0.2, -0.15) is 0 Å². The molecule has 65 heavy (non-hydrogen) atoms. The summed E-state index contributed by atoms with van der Waals surface area (Å²) in [6.45, 7) is 0. The van der Waals surface area contributed by atoms with Crippen molar-refractivity contribution in [3.05, 3.63) is 233 Å². The van der Waals surface area contributed by atoms with E-state index >= 15 is 0 Å². The van der Waals surface area contributed by atoms with Crippen molar-refractivity contribution in [1.29, 1.82) is 0 Å². The molecule has 2 spiro atoms. The van der Waals surface area contributed by atoms with Crippen LogP contribution in [0.25, 0.3) is 83.3 Å². The predicted octanol–water partition coefficient (Wildman–Crippen LogP) is 13.1. The monoisotopic (exact) mass is 829 g/mol. The Morgan fingerprint density at radius 1 is 0.400 bits per heavy atom. The molecule has 0 N–H and O–H groups in total. The highest BCUT2D eigenvalue weighted by Crippen LogP contribution is 2.67. The number of ether oxygens (including phenoxy) is 1. The van der Waals surface area contributed by atoms with Crippen LogP contribution in [-0.2, 0) is 10.8 Å². The highest BCUT2D eigenvalue weighted by atomic mass is 16.5. The van der Waals surface area contributed by atoms with Gasteiger partial charge in [0.25, 0.3) is 0 Å². The van der Waals surface area contributed by atoms with Crippen molar-refractivity contribution in [2.45, 2.75) is 10.8 Å². The fraction of sp³-hybridized carbons (Fsp3) is 0.0345. The Morgan fingerprint density at radius 2 is 1.02 bits per heavy atom. The Bertz CT molecular complexity index is 4100. The molecule has 12 aromatic rings. The number of nitrogens with zero attached hydrogens (tertiary/aromatic N) is 5. The number of pyridine rings is 4. The average molecular weight is 830 g/mol. The molecule has 6 aromatic carbocycles. The Hall–Kier alpha value is -8.68. The van der Waals surface area contributed by atoms with E-state index in [2.05, 4.69) is 144 Å². The SMILES string of the molecule is c1ccc2c(c1)Oc1cc3c(cc1C21c2cccnc2-c2ncc(-n4c5ccccc5c5ccc6c7ccccc7oc6c54)cc21)-c1ccccc1C31c2cccnc2-c2ncccc21. The molecule has 0 saturated heterocycles. The number of para-hydroxylation sites is 3. The number of hydrogen-bond donors (Lipinski definition) is 0. The standard InChI is InChI=1S/C58H31N5O2/c1-4-15-39-33(12-1)38-29-45-50(30-44(38)57(39)41-17-9-25-59-51(41)52-42(57)18-10-26-60-52)64-49-22-8-5-16-40(49)58(45)43-19-11-27-61-53(43)54-46(58)28-32(31-62-54)63-47-20-6-2-13-34(47)36-23-24-37-35-14-3-7-21-48(35)65-56(37)55(36)63/h1-31H. The summed E-state index contributed by atoms with van der Waals surface area (Å²) in [7, 11) is 0. The topological polar surface area (TPSA) is 78.9 Å². The molecule has 4 aliphatic rings. The second kappa shape index (κ2) is 11.7. The van der Waals surface area contributed by atoms with Gasteiger partial charge in [0.1, 0.15) is 17.1 Å². The van der Waals surface area contributed by atoms with Crippen molar-refractivity contribution in [3.63, 3.8) is 0 Å². The summed E-state index contributed by atoms with van der Waals surface area (Å²) in [6, 6.07) is 58.6. The van der Waals surface area contributed by atoms with Gasteiger partial charge in [0.05, 0.1) is 56.5 Å². The average Bonchev–Trinajstić information content (AvgIpc) is 4.14. The molecule has 1 atom stereocenters. The van der Waals surface area contributed by atoms with Crippen LogP contribution in [0.4, 0.5) is 0 Å². The van der Waals surface area contributed by atoms with Crippen LogP contribution in [0, 0.1) is 0 Å². The summed E-state index contributed by atoms with van der Waals surface area (Å²) >= 11 is 0. The van der Waals surface area contributed by atoms with Gasteiger partial charge in [-0.05, 0) is 99.6 Å². The Labute approximate surface area is 370 Å². The summed E-state index contributed by atoms with van der Waals surface area (Å²) in [6.07, 6.45) is 7.64. The number of aromatic nitrogens is 5. The minimum atomic E-state index is -0.839. The maximum atomic E-state index is 7.20. The Balaban J connectivity index is 1.03. The molecule has 7 nitrogen and oxygen atoms in total. The molecule has 0 amide bonds. The first-order valence-electron chi connectivity index (χ1n) is 22.0. The van der Waals surface area contributed by atoms with Crippen LogP contribution >= 0.6 is 0 Å². The lowest BCUT2D eigenvalue weighted by Gasteiger charge is -2.40. The first kappa shape index (κ1) is 33.9. The molecule has 1 aliphatic heterocycles. The molecule has 7 heterocycles. The van der Waals surface area contributed by atoms with Gasteiger partial charge in [0, 0.05) is 56.8 Å². The van der Waals surface area contributed by atoms with Gasteiger partial charge in [0.15, 0.2) is 5.58 Å². The molecular weight excluding hydrogens is 799 g/mol. The van der Waals surface area contributed by atoms with Crippen LogP contribution in [0.5, 0.6) is 11.5 Å². The zero-order valence-electron chi connectivity index (χ0n) is 34.5. The normalized spacial score (nSPS) is 16.3. The number of furan rings is 1. The van der Waals surface area contributed by atoms with Crippen molar-refractivity contribution in [3.8, 4) is 51.1 Å². The third kappa shape index (κ3) is 3.84. The molecule has 16 rings (SSSR count). The minimum absolute atomic E-state index is 0.637. The largest absolute Gasteiger partial charge is 0.457 e. The van der Waals surface area contributed by atoms with Crippen LogP contribution in [0.1, 0.15) is 44.5 Å². The second-order valence-electron chi connectivity index (χ2n) is 17.6. The highest BCUT2D eigenvalue weighted by molar-refractivity contribution is 6.21. The van der Waals surface area contributed by atoms with Crippen molar-refractivity contribution in [1.82, 2.24) is 24.5 Å². The lowest BCUT2D eigenvalue weighted by Crippen LogP contribution is -2.33. The Kier molecular flexibility index (Phi) is 6.08. The molecule has 7 heteroatoms. The van der Waals surface area contributed by atoms with E-state index in [0.29, 0.717) is 0 Å². The van der Waals surface area contributed by atoms with Gasteiger partial charge in [-0.15, -0.1) is 0 Å². The van der Waals surface area contributed by atoms with Crippen LogP contribution in [-0.4, -0.2) is 24.5 Å². The van der Waals surface area contributed by atoms with E-state index in [9.17, 15) is 0 Å². The summed E-state index contributed by atoms with van der Waals surface area (Å²) in [5.74, 6) is 1.60. The van der Waals surface area contributed by atoms with Crippen LogP contribution in [0.2, 0.25) is 0 Å². The third-order valence-electron chi connectivity index (χ3n) is 14.9. The minimum Gasteiger partial charge on any atom is -0.457 e. The summed E-state index contributed by atoms with van der Waals surface area (Å²) in [4.78, 5) is 20.5. The number of fused-ring (bicyclic) bond motifs is 26. The second-order valence-corrected chi connectivity index (χ2v) is 17.6. The molecule has 6 aromatic heterocycles. The predicted molar refractivity (Wildman–Crippen MR) is 253 cm³/mol. The van der Waals surface area contributed by atoms with E-state index in [1.807, 2.05) is 49.1 Å². The van der Waals surface area contributed by atoms with Gasteiger partial charge < -0.3 is 13.7 Å². The van der Waals surface area contributed by atoms with E-state index in [-0.39, 0.29) is 0 Å². The van der Waals surface area contributed by atoms with E-state index in [1.165, 1.54) is 11.1 Å². The van der Waals surface area contributed by atoms with E-state index in [4.69, 9.17) is 29.1 Å². The van der Waals surface area contributed by atoms with E-state index in [0.717, 1.165) is 128 Å². The molecule has 0 fully saturated rings. The summed E-state index contributed by atoms with van der Waals surface area (Å²) in [5, 5.41) is 4.45. The Morgan fingerprint density at radius 3 is 1.80 bits per heavy atom. The van der Waals surface area contributed by atoms with E-state index < -0.39 is 10.8 Å². The zero-order valence-corrected chi connectivity index (χ0v) is 34.5. The van der Waals surface area contributed by atoms with Gasteiger partial charge in [-0.1, -0.05) is 103 Å². The lowest BCUT2D eigenvalue weighted by atomic mass is 9.65. The van der Waals surface area contributed by atoms with Crippen LogP contribution in [0.3, 0.4) is 0 Å². The molecule has 0 saturated carbocycles. The smallest absolute Gasteiger partial charge is 0.160 e. The fourth-order valence-electron chi connectivity index (χ4n) is 12.5. The van der Waals surface area contributed by atoms with Crippen molar-refractivity contribution >= 4 is 43.7 Å². The molecule has 300 valence electrons. The third-order valence-corrected chi connectivity index (χ3v) is 14.9. The molecular formula is C58H31N5O2. The number of benzene rings is 6. The van der Waals surface area contributed by atoms with Crippen LogP contribution in [0.15, 0.2) is 193 Å². The first-order valence-corrected chi connectivity index (χ1v) is 22.0. The van der Waals surface area contributed by atoms with Crippen LogP contribution < -0.4 is 4.74 Å². The van der Waals surface area contributed by atoms with Gasteiger partial charge in [0.2, 0.25) is 0 Å². The lowest BCUT2D eigenvalue weighted by molar-refractivity contribution is 0.435. The van der Waals surface area contributed by atoms with Gasteiger partial charge >= 0.3 is 0 Å². The first-order chi connectivity index (χ1) is 32.2. The number of rotatable bonds is 1. The van der Waals surface area contributed by atoms with Gasteiger partial charge in [-0.3, -0.25) is 19.9 Å². The van der Waals surface area contributed by atoms with Crippen molar-refractivity contribution in [2.24, 2.45) is 0 Å². The molecule has 3 aliphatic carbocycles. The van der Waals surface area contributed by atoms with Gasteiger partial charge in [-0.25, -0.2) is 0 Å². The molecule has 0 radical (unpaired) electrons. The zero-order chi connectivity index (χ0) is 42.2. The molecule has 0 bridgehead atoms. The summed E-state index contributed by atoms with van der Waals surface area (Å²) in [5.41, 5.74) is 18.0. The van der Waals surface area contributed by atoms with Crippen molar-refractivity contribution < 1.29 is 9.15 Å². The fourth-order valence-corrected chi connectivity index (χ4v) is 12.5. The quantitative estimate of drug-likeness (QED) is 0.164. The number of hydrogen-bond acceptors (Lipinski definition) is 6.